The van der Waals surface area contributed by atoms with E-state index in [9.17, 15) is 5.26 Å². The lowest BCUT2D eigenvalue weighted by atomic mass is 9.86. The summed E-state index contributed by atoms with van der Waals surface area (Å²) in [6.45, 7) is 5.06. The molecule has 1 fully saturated rings. The molecule has 1 saturated carbocycles. The number of benzene rings is 1. The van der Waals surface area contributed by atoms with Crippen molar-refractivity contribution in [3.05, 3.63) is 29.8 Å². The average molecular weight is 286 g/mol. The summed E-state index contributed by atoms with van der Waals surface area (Å²) in [6.07, 6.45) is 4.13. The summed E-state index contributed by atoms with van der Waals surface area (Å²) in [5.74, 6) is 1.86. The first-order valence-electron chi connectivity index (χ1n) is 7.94. The molecule has 3 heteroatoms. The monoisotopic (exact) mass is 286 g/mol. The van der Waals surface area contributed by atoms with Gasteiger partial charge in [0.1, 0.15) is 11.3 Å². The molecule has 0 radical (unpaired) electrons. The first-order chi connectivity index (χ1) is 10.1. The Kier molecular flexibility index (Phi) is 5.25. The minimum absolute atomic E-state index is 0.342. The topological polar surface area (TPSA) is 45.0 Å². The molecule has 2 rings (SSSR count). The van der Waals surface area contributed by atoms with E-state index in [0.29, 0.717) is 18.4 Å². The van der Waals surface area contributed by atoms with Gasteiger partial charge in [-0.05, 0) is 55.8 Å². The van der Waals surface area contributed by atoms with E-state index in [1.54, 1.807) is 0 Å². The molecule has 0 spiro atoms. The Morgan fingerprint density at radius 1 is 1.38 bits per heavy atom. The Morgan fingerprint density at radius 2 is 2.10 bits per heavy atom. The maximum absolute atomic E-state index is 9.43. The summed E-state index contributed by atoms with van der Waals surface area (Å²) < 4.78 is 5.85. The third kappa shape index (κ3) is 3.57. The van der Waals surface area contributed by atoms with Crippen LogP contribution in [-0.2, 0) is 0 Å². The summed E-state index contributed by atoms with van der Waals surface area (Å²) in [6, 6.07) is 10.8. The smallest absolute Gasteiger partial charge is 0.119 e. The van der Waals surface area contributed by atoms with E-state index in [1.165, 1.54) is 5.56 Å². The van der Waals surface area contributed by atoms with Gasteiger partial charge in [0.25, 0.3) is 0 Å². The highest BCUT2D eigenvalue weighted by Crippen LogP contribution is 2.37. The number of rotatable bonds is 6. The molecule has 21 heavy (non-hydrogen) atoms. The van der Waals surface area contributed by atoms with Gasteiger partial charge < -0.3 is 10.1 Å². The number of nitrogens with zero attached hydrogens (tertiary/aromatic N) is 1. The van der Waals surface area contributed by atoms with Crippen LogP contribution in [0.3, 0.4) is 0 Å². The Bertz CT molecular complexity index is 489. The molecule has 0 heterocycles. The van der Waals surface area contributed by atoms with Crippen LogP contribution in [-0.4, -0.2) is 19.2 Å². The van der Waals surface area contributed by atoms with Gasteiger partial charge >= 0.3 is 0 Å². The fraction of sp³-hybridized carbons (Fsp3) is 0.611. The van der Waals surface area contributed by atoms with Crippen molar-refractivity contribution in [2.24, 2.45) is 5.92 Å². The molecule has 0 aliphatic heterocycles. The van der Waals surface area contributed by atoms with Crippen LogP contribution >= 0.6 is 0 Å². The molecule has 2 atom stereocenters. The van der Waals surface area contributed by atoms with Crippen molar-refractivity contribution < 1.29 is 4.74 Å². The molecular formula is C18H26N2O. The van der Waals surface area contributed by atoms with Crippen molar-refractivity contribution in [3.8, 4) is 11.8 Å². The van der Waals surface area contributed by atoms with Crippen molar-refractivity contribution in [2.45, 2.75) is 51.0 Å². The molecule has 114 valence electrons. The van der Waals surface area contributed by atoms with Gasteiger partial charge in [0.05, 0.1) is 12.7 Å². The Hall–Kier alpha value is -1.53. The third-order valence-corrected chi connectivity index (χ3v) is 4.75. The van der Waals surface area contributed by atoms with E-state index in [1.807, 2.05) is 19.2 Å². The average Bonchev–Trinajstić information content (AvgIpc) is 2.91. The minimum atomic E-state index is -0.342. The van der Waals surface area contributed by atoms with Crippen LogP contribution in [0.2, 0.25) is 0 Å². The zero-order chi connectivity index (χ0) is 15.3. The maximum Gasteiger partial charge on any atom is 0.119 e. The minimum Gasteiger partial charge on any atom is -0.494 e. The SMILES string of the molecule is CNC1(C#N)CCCC1CCOc1ccc(C(C)C)cc1. The number of nitrogens with one attached hydrogen (secondary N) is 1. The largest absolute Gasteiger partial charge is 0.494 e. The van der Waals surface area contributed by atoms with Gasteiger partial charge in [-0.25, -0.2) is 0 Å². The summed E-state index contributed by atoms with van der Waals surface area (Å²) in [7, 11) is 1.90. The van der Waals surface area contributed by atoms with Crippen molar-refractivity contribution >= 4 is 0 Å². The van der Waals surface area contributed by atoms with Crippen molar-refractivity contribution in [1.29, 1.82) is 5.26 Å². The van der Waals surface area contributed by atoms with Gasteiger partial charge in [0, 0.05) is 0 Å². The summed E-state index contributed by atoms with van der Waals surface area (Å²) in [5.41, 5.74) is 0.988. The fourth-order valence-corrected chi connectivity index (χ4v) is 3.27. The highest BCUT2D eigenvalue weighted by molar-refractivity contribution is 5.28. The quantitative estimate of drug-likeness (QED) is 0.863. The molecule has 0 saturated heterocycles. The standard InChI is InChI=1S/C18H26N2O/c1-14(2)15-6-8-17(9-7-15)21-12-10-16-5-4-11-18(16,13-19)20-3/h6-9,14,16,20H,4-5,10-12H2,1-3H3. The third-order valence-electron chi connectivity index (χ3n) is 4.75. The predicted molar refractivity (Wildman–Crippen MR) is 85.4 cm³/mol. The van der Waals surface area contributed by atoms with Crippen LogP contribution in [0.5, 0.6) is 5.75 Å². The number of hydrogen-bond donors (Lipinski definition) is 1. The summed E-state index contributed by atoms with van der Waals surface area (Å²) in [4.78, 5) is 0. The highest BCUT2D eigenvalue weighted by atomic mass is 16.5. The Labute approximate surface area is 128 Å². The number of nitriles is 1. The first kappa shape index (κ1) is 15.9. The molecular weight excluding hydrogens is 260 g/mol. The van der Waals surface area contributed by atoms with Gasteiger partial charge in [0.15, 0.2) is 0 Å². The zero-order valence-electron chi connectivity index (χ0n) is 13.4. The van der Waals surface area contributed by atoms with Crippen LogP contribution in [0.4, 0.5) is 0 Å². The lowest BCUT2D eigenvalue weighted by Gasteiger charge is -2.28. The van der Waals surface area contributed by atoms with E-state index < -0.39 is 0 Å². The Morgan fingerprint density at radius 3 is 2.67 bits per heavy atom. The Balaban J connectivity index is 1.85. The molecule has 1 aliphatic carbocycles. The number of hydrogen-bond acceptors (Lipinski definition) is 3. The van der Waals surface area contributed by atoms with Crippen LogP contribution in [0, 0.1) is 17.2 Å². The van der Waals surface area contributed by atoms with Gasteiger partial charge in [-0.15, -0.1) is 0 Å². The van der Waals surface area contributed by atoms with E-state index >= 15 is 0 Å². The van der Waals surface area contributed by atoms with Gasteiger partial charge in [-0.1, -0.05) is 32.4 Å². The molecule has 3 nitrogen and oxygen atoms in total. The predicted octanol–water partition coefficient (Wildman–Crippen LogP) is 3.86. The highest BCUT2D eigenvalue weighted by Gasteiger charge is 2.41. The second-order valence-corrected chi connectivity index (χ2v) is 6.28. The van der Waals surface area contributed by atoms with Crippen LogP contribution < -0.4 is 10.1 Å². The van der Waals surface area contributed by atoms with E-state index in [4.69, 9.17) is 4.74 Å². The summed E-state index contributed by atoms with van der Waals surface area (Å²) >= 11 is 0. The van der Waals surface area contributed by atoms with Crippen LogP contribution in [0.1, 0.15) is 51.0 Å². The zero-order valence-corrected chi connectivity index (χ0v) is 13.4. The summed E-state index contributed by atoms with van der Waals surface area (Å²) in [5, 5.41) is 12.7. The molecule has 2 unspecified atom stereocenters. The first-order valence-corrected chi connectivity index (χ1v) is 7.94. The normalized spacial score (nSPS) is 25.0. The second-order valence-electron chi connectivity index (χ2n) is 6.28. The molecule has 1 aromatic carbocycles. The van der Waals surface area contributed by atoms with E-state index in [0.717, 1.165) is 31.4 Å². The van der Waals surface area contributed by atoms with Crippen molar-refractivity contribution in [1.82, 2.24) is 5.32 Å². The molecule has 0 amide bonds. The van der Waals surface area contributed by atoms with Crippen molar-refractivity contribution in [3.63, 3.8) is 0 Å². The van der Waals surface area contributed by atoms with Crippen LogP contribution in [0.15, 0.2) is 24.3 Å². The van der Waals surface area contributed by atoms with E-state index in [2.05, 4.69) is 37.4 Å². The van der Waals surface area contributed by atoms with Gasteiger partial charge in [-0.3, -0.25) is 0 Å². The van der Waals surface area contributed by atoms with Crippen molar-refractivity contribution in [2.75, 3.05) is 13.7 Å². The maximum atomic E-state index is 9.43. The molecule has 1 aromatic rings. The molecule has 0 bridgehead atoms. The van der Waals surface area contributed by atoms with Gasteiger partial charge in [-0.2, -0.15) is 5.26 Å². The molecule has 0 aromatic heterocycles. The second kappa shape index (κ2) is 6.95. The van der Waals surface area contributed by atoms with E-state index in [-0.39, 0.29) is 5.54 Å². The van der Waals surface area contributed by atoms with Crippen LogP contribution in [0.25, 0.3) is 0 Å². The lowest BCUT2D eigenvalue weighted by molar-refractivity contribution is 0.239. The fourth-order valence-electron chi connectivity index (χ4n) is 3.27. The lowest BCUT2D eigenvalue weighted by Crippen LogP contribution is -2.45. The molecule has 1 N–H and O–H groups in total. The number of ether oxygens (including phenoxy) is 1. The molecule has 1 aliphatic rings. The van der Waals surface area contributed by atoms with Gasteiger partial charge in [0.2, 0.25) is 0 Å².